The summed E-state index contributed by atoms with van der Waals surface area (Å²) in [7, 11) is 0. The first kappa shape index (κ1) is 23.3. The molecule has 160 valence electrons. The minimum absolute atomic E-state index is 0.186. The molecule has 0 saturated heterocycles. The highest BCUT2D eigenvalue weighted by Gasteiger charge is 2.24. The van der Waals surface area contributed by atoms with E-state index in [4.69, 9.17) is 9.47 Å². The molecule has 3 unspecified atom stereocenters. The van der Waals surface area contributed by atoms with Crippen LogP contribution in [0.3, 0.4) is 0 Å². The first-order valence-corrected chi connectivity index (χ1v) is 11.7. The maximum atomic E-state index is 6.00. The summed E-state index contributed by atoms with van der Waals surface area (Å²) in [5.41, 5.74) is 1.77. The largest absolute Gasteiger partial charge is 0.465 e. The van der Waals surface area contributed by atoms with Crippen LogP contribution in [-0.2, 0) is 4.74 Å². The minimum atomic E-state index is -0.186. The molecule has 0 amide bonds. The quantitative estimate of drug-likeness (QED) is 0.378. The van der Waals surface area contributed by atoms with Gasteiger partial charge in [-0.1, -0.05) is 85.3 Å². The van der Waals surface area contributed by atoms with Crippen LogP contribution in [0, 0.1) is 17.3 Å². The van der Waals surface area contributed by atoms with Gasteiger partial charge in [-0.25, -0.2) is 0 Å². The van der Waals surface area contributed by atoms with Gasteiger partial charge in [0, 0.05) is 0 Å². The van der Waals surface area contributed by atoms with Crippen molar-refractivity contribution in [3.05, 3.63) is 29.8 Å². The van der Waals surface area contributed by atoms with Crippen LogP contribution in [0.2, 0.25) is 0 Å². The van der Waals surface area contributed by atoms with Gasteiger partial charge in [0.2, 0.25) is 0 Å². The van der Waals surface area contributed by atoms with Gasteiger partial charge in [-0.05, 0) is 60.6 Å². The Kier molecular flexibility index (Phi) is 9.34. The van der Waals surface area contributed by atoms with Crippen LogP contribution in [0.1, 0.15) is 104 Å². The smallest absolute Gasteiger partial charge is 0.196 e. The van der Waals surface area contributed by atoms with Gasteiger partial charge in [-0.3, -0.25) is 0 Å². The number of ether oxygens (including phenoxy) is 2. The highest BCUT2D eigenvalue weighted by molar-refractivity contribution is 5.30. The molecule has 1 aliphatic rings. The Hall–Kier alpha value is -1.02. The normalized spacial score (nSPS) is 19.2. The molecule has 1 fully saturated rings. The Morgan fingerprint density at radius 2 is 1.64 bits per heavy atom. The van der Waals surface area contributed by atoms with Crippen molar-refractivity contribution in [1.29, 1.82) is 0 Å². The van der Waals surface area contributed by atoms with Crippen LogP contribution in [0.5, 0.6) is 5.75 Å². The summed E-state index contributed by atoms with van der Waals surface area (Å²) in [5.74, 6) is 3.06. The molecule has 2 nitrogen and oxygen atoms in total. The van der Waals surface area contributed by atoms with Crippen molar-refractivity contribution in [3.8, 4) is 5.75 Å². The van der Waals surface area contributed by atoms with Gasteiger partial charge in [0.1, 0.15) is 5.75 Å². The lowest BCUT2D eigenvalue weighted by Crippen LogP contribution is -2.19. The fourth-order valence-corrected chi connectivity index (χ4v) is 4.49. The van der Waals surface area contributed by atoms with Crippen LogP contribution in [0.15, 0.2) is 24.3 Å². The van der Waals surface area contributed by atoms with Crippen LogP contribution < -0.4 is 4.74 Å². The maximum absolute atomic E-state index is 6.00. The van der Waals surface area contributed by atoms with E-state index in [1.807, 2.05) is 6.92 Å². The molecule has 0 spiro atoms. The molecule has 1 aliphatic carbocycles. The Morgan fingerprint density at radius 1 is 1.00 bits per heavy atom. The van der Waals surface area contributed by atoms with E-state index in [9.17, 15) is 0 Å². The van der Waals surface area contributed by atoms with Gasteiger partial charge in [0.15, 0.2) is 6.29 Å². The van der Waals surface area contributed by atoms with E-state index in [0.717, 1.165) is 18.3 Å². The molecule has 0 N–H and O–H groups in total. The molecule has 28 heavy (non-hydrogen) atoms. The van der Waals surface area contributed by atoms with Crippen molar-refractivity contribution in [2.75, 3.05) is 6.61 Å². The fourth-order valence-electron chi connectivity index (χ4n) is 4.49. The lowest BCUT2D eigenvalue weighted by atomic mass is 9.75. The molecule has 3 atom stereocenters. The van der Waals surface area contributed by atoms with Crippen molar-refractivity contribution in [1.82, 2.24) is 0 Å². The summed E-state index contributed by atoms with van der Waals surface area (Å²) in [6.07, 6.45) is 10.4. The summed E-state index contributed by atoms with van der Waals surface area (Å²) >= 11 is 0. The molecule has 1 aromatic rings. The van der Waals surface area contributed by atoms with Gasteiger partial charge in [0.25, 0.3) is 0 Å². The van der Waals surface area contributed by atoms with E-state index < -0.39 is 0 Å². The Morgan fingerprint density at radius 3 is 2.21 bits per heavy atom. The first-order chi connectivity index (χ1) is 13.3. The van der Waals surface area contributed by atoms with Gasteiger partial charge in [0.05, 0.1) is 6.61 Å². The molecule has 1 saturated carbocycles. The van der Waals surface area contributed by atoms with Gasteiger partial charge in [-0.2, -0.15) is 0 Å². The van der Waals surface area contributed by atoms with Gasteiger partial charge >= 0.3 is 0 Å². The standard InChI is InChI=1S/C26H44O2/c1-7-20(2)25(19-26(4,5)6)23-13-15-24(16-14-23)28-21(3)27-18-17-22-11-9-8-10-12-22/h13-16,20-22,25H,7-12,17-19H2,1-6H3. The minimum Gasteiger partial charge on any atom is -0.465 e. The van der Waals surface area contributed by atoms with Crippen molar-refractivity contribution in [2.24, 2.45) is 17.3 Å². The van der Waals surface area contributed by atoms with Crippen LogP contribution in [-0.4, -0.2) is 12.9 Å². The Balaban J connectivity index is 1.84. The highest BCUT2D eigenvalue weighted by Crippen LogP contribution is 2.38. The number of hydrogen-bond acceptors (Lipinski definition) is 2. The molecule has 2 heteroatoms. The molecule has 0 radical (unpaired) electrons. The number of hydrogen-bond donors (Lipinski definition) is 0. The zero-order chi connectivity index (χ0) is 20.6. The molecule has 1 aromatic carbocycles. The summed E-state index contributed by atoms with van der Waals surface area (Å²) in [5, 5.41) is 0. The van der Waals surface area contributed by atoms with Crippen molar-refractivity contribution in [3.63, 3.8) is 0 Å². The van der Waals surface area contributed by atoms with E-state index in [0.29, 0.717) is 17.3 Å². The maximum Gasteiger partial charge on any atom is 0.196 e. The van der Waals surface area contributed by atoms with Crippen molar-refractivity contribution in [2.45, 2.75) is 105 Å². The second kappa shape index (κ2) is 11.2. The fraction of sp³-hybridized carbons (Fsp3) is 0.769. The lowest BCUT2D eigenvalue weighted by Gasteiger charge is -2.30. The zero-order valence-electron chi connectivity index (χ0n) is 19.3. The summed E-state index contributed by atoms with van der Waals surface area (Å²) in [6, 6.07) is 8.75. The topological polar surface area (TPSA) is 18.5 Å². The molecular formula is C26H44O2. The molecule has 0 heterocycles. The molecule has 0 bridgehead atoms. The molecular weight excluding hydrogens is 344 g/mol. The van der Waals surface area contributed by atoms with Crippen LogP contribution >= 0.6 is 0 Å². The predicted molar refractivity (Wildman–Crippen MR) is 120 cm³/mol. The van der Waals surface area contributed by atoms with Crippen LogP contribution in [0.4, 0.5) is 0 Å². The second-order valence-electron chi connectivity index (χ2n) is 10.2. The zero-order valence-corrected chi connectivity index (χ0v) is 19.3. The van der Waals surface area contributed by atoms with E-state index in [-0.39, 0.29) is 6.29 Å². The van der Waals surface area contributed by atoms with Crippen molar-refractivity contribution >= 4 is 0 Å². The molecule has 0 aromatic heterocycles. The lowest BCUT2D eigenvalue weighted by molar-refractivity contribution is -0.0711. The molecule has 0 aliphatic heterocycles. The van der Waals surface area contributed by atoms with Gasteiger partial charge < -0.3 is 9.47 Å². The van der Waals surface area contributed by atoms with Crippen molar-refractivity contribution < 1.29 is 9.47 Å². The first-order valence-electron chi connectivity index (χ1n) is 11.7. The summed E-state index contributed by atoms with van der Waals surface area (Å²) < 4.78 is 11.9. The van der Waals surface area contributed by atoms with Gasteiger partial charge in [-0.15, -0.1) is 0 Å². The number of benzene rings is 1. The third-order valence-corrected chi connectivity index (χ3v) is 6.38. The SMILES string of the molecule is CCC(C)C(CC(C)(C)C)c1ccc(OC(C)OCCC2CCCCC2)cc1. The summed E-state index contributed by atoms with van der Waals surface area (Å²) in [4.78, 5) is 0. The monoisotopic (exact) mass is 388 g/mol. The predicted octanol–water partition coefficient (Wildman–Crippen LogP) is 7.96. The van der Waals surface area contributed by atoms with E-state index >= 15 is 0 Å². The molecule has 2 rings (SSSR count). The van der Waals surface area contributed by atoms with E-state index in [1.165, 1.54) is 56.9 Å². The number of rotatable bonds is 10. The third kappa shape index (κ3) is 8.15. The second-order valence-corrected chi connectivity index (χ2v) is 10.2. The Bertz CT molecular complexity index is 537. The summed E-state index contributed by atoms with van der Waals surface area (Å²) in [6.45, 7) is 14.5. The van der Waals surface area contributed by atoms with E-state index in [2.05, 4.69) is 58.9 Å². The van der Waals surface area contributed by atoms with Crippen LogP contribution in [0.25, 0.3) is 0 Å². The average molecular weight is 389 g/mol. The third-order valence-electron chi connectivity index (χ3n) is 6.38. The Labute approximate surface area is 174 Å². The highest BCUT2D eigenvalue weighted by atomic mass is 16.7. The average Bonchev–Trinajstić information content (AvgIpc) is 2.66. The van der Waals surface area contributed by atoms with E-state index in [1.54, 1.807) is 0 Å².